The molecule has 0 aliphatic rings. The van der Waals surface area contributed by atoms with Crippen LogP contribution in [-0.4, -0.2) is 14.3 Å². The first-order valence-electron chi connectivity index (χ1n) is 7.79. The summed E-state index contributed by atoms with van der Waals surface area (Å²) in [4.78, 5) is 12.4. The normalized spacial score (nSPS) is 11.3. The molecule has 7 heteroatoms. The molecule has 1 aromatic heterocycles. The van der Waals surface area contributed by atoms with Crippen molar-refractivity contribution in [1.82, 2.24) is 0 Å². The Kier molecular flexibility index (Phi) is 4.90. The molecule has 5 nitrogen and oxygen atoms in total. The molecule has 0 radical (unpaired) electrons. The maximum absolute atomic E-state index is 13.5. The predicted molar refractivity (Wildman–Crippen MR) is 95.1 cm³/mol. The summed E-state index contributed by atoms with van der Waals surface area (Å²) in [5.41, 5.74) is 0.752. The Hall–Kier alpha value is -2.93. The maximum atomic E-state index is 13.5. The number of nitrogens with one attached hydrogen (secondary N) is 1. The van der Waals surface area contributed by atoms with Crippen molar-refractivity contribution in [3.05, 3.63) is 83.6 Å². The van der Waals surface area contributed by atoms with Gasteiger partial charge in [-0.2, -0.15) is 0 Å². The second-order valence-electron chi connectivity index (χ2n) is 5.76. The van der Waals surface area contributed by atoms with Crippen molar-refractivity contribution in [1.29, 1.82) is 0 Å². The Morgan fingerprint density at radius 3 is 2.50 bits per heavy atom. The molecular formula is C19H16FNO4S. The highest BCUT2D eigenvalue weighted by atomic mass is 32.2. The van der Waals surface area contributed by atoms with Gasteiger partial charge in [-0.1, -0.05) is 24.3 Å². The Balaban J connectivity index is 1.73. The second kappa shape index (κ2) is 7.13. The Morgan fingerprint density at radius 2 is 1.81 bits per heavy atom. The summed E-state index contributed by atoms with van der Waals surface area (Å²) in [5, 5.41) is 2.51. The van der Waals surface area contributed by atoms with Crippen LogP contribution in [0.4, 0.5) is 10.1 Å². The van der Waals surface area contributed by atoms with Gasteiger partial charge in [0.2, 0.25) is 0 Å². The standard InChI is InChI=1S/C19H16FNO4S/c1-13-7-8-14(11-17(13)20)21-19(22)18-10-9-15(25-18)12-26(23,24)16-5-3-2-4-6-16/h2-11H,12H2,1H3,(H,21,22). The minimum Gasteiger partial charge on any atom is -0.455 e. The van der Waals surface area contributed by atoms with Gasteiger partial charge < -0.3 is 9.73 Å². The molecule has 0 saturated heterocycles. The molecule has 1 heterocycles. The van der Waals surface area contributed by atoms with Crippen molar-refractivity contribution in [3.63, 3.8) is 0 Å². The van der Waals surface area contributed by atoms with Crippen molar-refractivity contribution in [3.8, 4) is 0 Å². The molecule has 1 N–H and O–H groups in total. The molecule has 0 atom stereocenters. The number of furan rings is 1. The van der Waals surface area contributed by atoms with Crippen LogP contribution in [0.1, 0.15) is 21.9 Å². The first-order valence-corrected chi connectivity index (χ1v) is 9.44. The lowest BCUT2D eigenvalue weighted by atomic mass is 10.2. The summed E-state index contributed by atoms with van der Waals surface area (Å²) in [7, 11) is -3.57. The van der Waals surface area contributed by atoms with E-state index in [0.29, 0.717) is 5.56 Å². The van der Waals surface area contributed by atoms with E-state index in [9.17, 15) is 17.6 Å². The lowest BCUT2D eigenvalue weighted by Gasteiger charge is -2.05. The molecule has 0 saturated carbocycles. The van der Waals surface area contributed by atoms with Gasteiger partial charge in [0.1, 0.15) is 17.3 Å². The van der Waals surface area contributed by atoms with Crippen LogP contribution in [0.2, 0.25) is 0 Å². The molecule has 0 aliphatic carbocycles. The molecule has 134 valence electrons. The number of carbonyl (C=O) groups is 1. The number of hydrogen-bond donors (Lipinski definition) is 1. The van der Waals surface area contributed by atoms with Crippen LogP contribution in [0.15, 0.2) is 70.0 Å². The van der Waals surface area contributed by atoms with Gasteiger partial charge >= 0.3 is 0 Å². The molecular weight excluding hydrogens is 357 g/mol. The first-order chi connectivity index (χ1) is 12.3. The number of halogens is 1. The molecule has 26 heavy (non-hydrogen) atoms. The van der Waals surface area contributed by atoms with Crippen LogP contribution in [0.25, 0.3) is 0 Å². The fourth-order valence-electron chi connectivity index (χ4n) is 2.34. The third kappa shape index (κ3) is 4.00. The Labute approximate surface area is 150 Å². The zero-order valence-corrected chi connectivity index (χ0v) is 14.7. The molecule has 0 bridgehead atoms. The summed E-state index contributed by atoms with van der Waals surface area (Å²) in [6.07, 6.45) is 0. The minimum absolute atomic E-state index is 0.0516. The SMILES string of the molecule is Cc1ccc(NC(=O)c2ccc(CS(=O)(=O)c3ccccc3)o2)cc1F. The zero-order chi connectivity index (χ0) is 18.7. The number of aryl methyl sites for hydroxylation is 1. The van der Waals surface area contributed by atoms with Gasteiger partial charge in [0.05, 0.1) is 4.90 Å². The monoisotopic (exact) mass is 373 g/mol. The number of carbonyl (C=O) groups excluding carboxylic acids is 1. The van der Waals surface area contributed by atoms with Gasteiger partial charge in [0, 0.05) is 5.69 Å². The first kappa shape index (κ1) is 17.9. The Morgan fingerprint density at radius 1 is 1.08 bits per heavy atom. The molecule has 3 aromatic rings. The van der Waals surface area contributed by atoms with Crippen molar-refractivity contribution in [2.24, 2.45) is 0 Å². The highest BCUT2D eigenvalue weighted by Crippen LogP contribution is 2.19. The number of hydrogen-bond acceptors (Lipinski definition) is 4. The van der Waals surface area contributed by atoms with Gasteiger partial charge in [0.25, 0.3) is 5.91 Å². The third-order valence-corrected chi connectivity index (χ3v) is 5.40. The van der Waals surface area contributed by atoms with Gasteiger partial charge in [-0.05, 0) is 48.9 Å². The minimum atomic E-state index is -3.57. The van der Waals surface area contributed by atoms with Crippen LogP contribution < -0.4 is 5.32 Å². The second-order valence-corrected chi connectivity index (χ2v) is 7.75. The van der Waals surface area contributed by atoms with Gasteiger partial charge in [-0.15, -0.1) is 0 Å². The number of amides is 1. The fraction of sp³-hybridized carbons (Fsp3) is 0.105. The van der Waals surface area contributed by atoms with E-state index in [1.165, 1.54) is 30.3 Å². The molecule has 2 aromatic carbocycles. The molecule has 0 spiro atoms. The molecule has 0 aliphatic heterocycles. The fourth-order valence-corrected chi connectivity index (χ4v) is 3.61. The van der Waals surface area contributed by atoms with E-state index in [4.69, 9.17) is 4.42 Å². The highest BCUT2D eigenvalue weighted by molar-refractivity contribution is 7.90. The summed E-state index contributed by atoms with van der Waals surface area (Å²) >= 11 is 0. The topological polar surface area (TPSA) is 76.4 Å². The summed E-state index contributed by atoms with van der Waals surface area (Å²) in [5.74, 6) is -1.28. The average molecular weight is 373 g/mol. The summed E-state index contributed by atoms with van der Waals surface area (Å²) in [6, 6.07) is 15.1. The van der Waals surface area contributed by atoms with Gasteiger partial charge in [-0.25, -0.2) is 12.8 Å². The predicted octanol–water partition coefficient (Wildman–Crippen LogP) is 3.95. The van der Waals surface area contributed by atoms with Crippen molar-refractivity contribution < 1.29 is 22.0 Å². The van der Waals surface area contributed by atoms with Crippen LogP contribution in [0.5, 0.6) is 0 Å². The van der Waals surface area contributed by atoms with E-state index in [-0.39, 0.29) is 27.9 Å². The van der Waals surface area contributed by atoms with E-state index in [1.807, 2.05) is 0 Å². The lowest BCUT2D eigenvalue weighted by Crippen LogP contribution is -2.11. The zero-order valence-electron chi connectivity index (χ0n) is 13.9. The van der Waals surface area contributed by atoms with Crippen LogP contribution in [0.3, 0.4) is 0 Å². The number of rotatable bonds is 5. The maximum Gasteiger partial charge on any atom is 0.291 e. The number of benzene rings is 2. The van der Waals surface area contributed by atoms with E-state index in [0.717, 1.165) is 0 Å². The summed E-state index contributed by atoms with van der Waals surface area (Å²) in [6.45, 7) is 1.62. The van der Waals surface area contributed by atoms with Crippen LogP contribution in [0, 0.1) is 12.7 Å². The van der Waals surface area contributed by atoms with Crippen molar-refractivity contribution in [2.75, 3.05) is 5.32 Å². The summed E-state index contributed by atoms with van der Waals surface area (Å²) < 4.78 is 43.6. The molecule has 3 rings (SSSR count). The van der Waals surface area contributed by atoms with Crippen LogP contribution >= 0.6 is 0 Å². The quantitative estimate of drug-likeness (QED) is 0.735. The van der Waals surface area contributed by atoms with E-state index in [1.54, 1.807) is 37.3 Å². The van der Waals surface area contributed by atoms with Crippen molar-refractivity contribution >= 4 is 21.4 Å². The Bertz CT molecular complexity index is 1040. The van der Waals surface area contributed by atoms with Crippen molar-refractivity contribution in [2.45, 2.75) is 17.6 Å². The van der Waals surface area contributed by atoms with E-state index < -0.39 is 21.6 Å². The smallest absolute Gasteiger partial charge is 0.291 e. The molecule has 0 fully saturated rings. The number of sulfone groups is 1. The lowest BCUT2D eigenvalue weighted by molar-refractivity contribution is 0.0995. The number of anilines is 1. The largest absolute Gasteiger partial charge is 0.455 e. The third-order valence-electron chi connectivity index (χ3n) is 3.75. The molecule has 0 unspecified atom stereocenters. The van der Waals surface area contributed by atoms with Gasteiger partial charge in [0.15, 0.2) is 15.6 Å². The average Bonchev–Trinajstić information content (AvgIpc) is 3.07. The highest BCUT2D eigenvalue weighted by Gasteiger charge is 2.19. The van der Waals surface area contributed by atoms with Gasteiger partial charge in [-0.3, -0.25) is 4.79 Å². The van der Waals surface area contributed by atoms with E-state index >= 15 is 0 Å². The van der Waals surface area contributed by atoms with Crippen LogP contribution in [-0.2, 0) is 15.6 Å². The molecule has 1 amide bonds. The van der Waals surface area contributed by atoms with E-state index in [2.05, 4.69) is 5.32 Å².